The summed E-state index contributed by atoms with van der Waals surface area (Å²) in [6, 6.07) is 11.8. The Morgan fingerprint density at radius 2 is 1.67 bits per heavy atom. The summed E-state index contributed by atoms with van der Waals surface area (Å²) < 4.78 is 0. The minimum absolute atomic E-state index is 0.0516. The molecule has 3 saturated heterocycles. The molecule has 6 heteroatoms. The molecule has 0 saturated carbocycles. The summed E-state index contributed by atoms with van der Waals surface area (Å²) in [6.07, 6.45) is 1.77. The highest BCUT2D eigenvalue weighted by molar-refractivity contribution is 6.30. The third-order valence-corrected chi connectivity index (χ3v) is 7.25. The van der Waals surface area contributed by atoms with E-state index in [4.69, 9.17) is 11.6 Å². The van der Waals surface area contributed by atoms with E-state index in [1.54, 1.807) is 24.3 Å². The lowest BCUT2D eigenvalue weighted by Crippen LogP contribution is -2.46. The van der Waals surface area contributed by atoms with E-state index in [-0.39, 0.29) is 23.6 Å². The molecule has 30 heavy (non-hydrogen) atoms. The molecule has 3 heterocycles. The van der Waals surface area contributed by atoms with Gasteiger partial charge in [-0.2, -0.15) is 0 Å². The standard InChI is InChI=1S/C24H23ClN2O3/c1-13-5-10-17(12-14(13)2)27-23(29)19-18-4-3-11-26(18)21(20(19)24(27)30)22(28)15-6-8-16(25)9-7-15/h5-10,12,18-21H,3-4,11H2,1-2H3/t18-,19-,20-,21+/m1/s1. The Morgan fingerprint density at radius 1 is 0.967 bits per heavy atom. The molecule has 3 aliphatic rings. The number of fused-ring (bicyclic) bond motifs is 3. The molecule has 3 fully saturated rings. The molecule has 5 nitrogen and oxygen atoms in total. The molecule has 0 aromatic heterocycles. The van der Waals surface area contributed by atoms with E-state index < -0.39 is 17.9 Å². The summed E-state index contributed by atoms with van der Waals surface area (Å²) in [6.45, 7) is 4.71. The van der Waals surface area contributed by atoms with Gasteiger partial charge >= 0.3 is 0 Å². The normalized spacial score (nSPS) is 28.2. The highest BCUT2D eigenvalue weighted by atomic mass is 35.5. The van der Waals surface area contributed by atoms with Crippen molar-refractivity contribution in [2.45, 2.75) is 38.8 Å². The van der Waals surface area contributed by atoms with Gasteiger partial charge in [-0.3, -0.25) is 19.3 Å². The fourth-order valence-electron chi connectivity index (χ4n) is 5.42. The van der Waals surface area contributed by atoms with Gasteiger partial charge in [-0.1, -0.05) is 17.7 Å². The smallest absolute Gasteiger partial charge is 0.239 e. The number of imide groups is 1. The van der Waals surface area contributed by atoms with Crippen LogP contribution in [-0.2, 0) is 9.59 Å². The Labute approximate surface area is 180 Å². The second-order valence-corrected chi connectivity index (χ2v) is 9.03. The van der Waals surface area contributed by atoms with Crippen LogP contribution < -0.4 is 4.90 Å². The number of carbonyl (C=O) groups excluding carboxylic acids is 3. The van der Waals surface area contributed by atoms with Crippen molar-refractivity contribution in [2.24, 2.45) is 11.8 Å². The average Bonchev–Trinajstić information content (AvgIpc) is 3.36. The van der Waals surface area contributed by atoms with Crippen LogP contribution in [0.25, 0.3) is 0 Å². The zero-order valence-corrected chi connectivity index (χ0v) is 17.7. The molecule has 0 bridgehead atoms. The predicted octanol–water partition coefficient (Wildman–Crippen LogP) is 3.79. The van der Waals surface area contributed by atoms with Crippen molar-refractivity contribution in [3.05, 3.63) is 64.2 Å². The second-order valence-electron chi connectivity index (χ2n) is 8.60. The molecule has 2 amide bonds. The fraction of sp³-hybridized carbons (Fsp3) is 0.375. The number of amides is 2. The van der Waals surface area contributed by atoms with Crippen LogP contribution in [0.5, 0.6) is 0 Å². The molecule has 0 aliphatic carbocycles. The average molecular weight is 423 g/mol. The Kier molecular flexibility index (Phi) is 4.56. The van der Waals surface area contributed by atoms with Gasteiger partial charge in [0.1, 0.15) is 0 Å². The number of carbonyl (C=O) groups is 3. The Bertz CT molecular complexity index is 1060. The molecule has 3 aliphatic heterocycles. The van der Waals surface area contributed by atoms with E-state index in [1.165, 1.54) is 4.90 Å². The van der Waals surface area contributed by atoms with Crippen LogP contribution in [0, 0.1) is 25.7 Å². The van der Waals surface area contributed by atoms with Gasteiger partial charge in [0.15, 0.2) is 5.78 Å². The van der Waals surface area contributed by atoms with Crippen molar-refractivity contribution in [1.82, 2.24) is 4.90 Å². The fourth-order valence-corrected chi connectivity index (χ4v) is 5.55. The highest BCUT2D eigenvalue weighted by Gasteiger charge is 2.64. The lowest BCUT2D eigenvalue weighted by molar-refractivity contribution is -0.123. The van der Waals surface area contributed by atoms with E-state index in [9.17, 15) is 14.4 Å². The maximum atomic E-state index is 13.5. The first-order valence-corrected chi connectivity index (χ1v) is 10.8. The third kappa shape index (κ3) is 2.76. The van der Waals surface area contributed by atoms with E-state index in [1.807, 2.05) is 32.0 Å². The lowest BCUT2D eigenvalue weighted by atomic mass is 9.85. The predicted molar refractivity (Wildman–Crippen MR) is 115 cm³/mol. The van der Waals surface area contributed by atoms with Crippen molar-refractivity contribution in [2.75, 3.05) is 11.4 Å². The molecular weight excluding hydrogens is 400 g/mol. The van der Waals surface area contributed by atoms with Gasteiger partial charge in [-0.15, -0.1) is 0 Å². The summed E-state index contributed by atoms with van der Waals surface area (Å²) in [5.74, 6) is -1.61. The number of anilines is 1. The lowest BCUT2D eigenvalue weighted by Gasteiger charge is -2.27. The number of Topliss-reactive ketones (excluding diaryl/α,β-unsaturated/α-hetero) is 1. The molecule has 2 aromatic carbocycles. The molecule has 5 rings (SSSR count). The van der Waals surface area contributed by atoms with Gasteiger partial charge in [0.05, 0.1) is 23.6 Å². The molecule has 2 aromatic rings. The number of rotatable bonds is 3. The molecule has 154 valence electrons. The molecule has 0 radical (unpaired) electrons. The SMILES string of the molecule is Cc1ccc(N2C(=O)[C@@H]3[C@H](C2=O)[C@H]2CCCN2[C@@H]3C(=O)c2ccc(Cl)cc2)cc1C. The summed E-state index contributed by atoms with van der Waals surface area (Å²) in [4.78, 5) is 43.9. The Balaban J connectivity index is 1.55. The maximum absolute atomic E-state index is 13.5. The number of hydrogen-bond donors (Lipinski definition) is 0. The topological polar surface area (TPSA) is 57.7 Å². The molecule has 0 spiro atoms. The summed E-state index contributed by atoms with van der Waals surface area (Å²) in [5.41, 5.74) is 3.27. The minimum atomic E-state index is -0.632. The largest absolute Gasteiger partial charge is 0.292 e. The molecule has 0 unspecified atom stereocenters. The summed E-state index contributed by atoms with van der Waals surface area (Å²) >= 11 is 5.98. The first kappa shape index (κ1) is 19.5. The van der Waals surface area contributed by atoms with E-state index in [0.717, 1.165) is 30.5 Å². The van der Waals surface area contributed by atoms with Crippen LogP contribution >= 0.6 is 11.6 Å². The number of hydrogen-bond acceptors (Lipinski definition) is 4. The first-order valence-electron chi connectivity index (χ1n) is 10.4. The first-order chi connectivity index (χ1) is 14.4. The van der Waals surface area contributed by atoms with Crippen molar-refractivity contribution >= 4 is 34.9 Å². The zero-order chi connectivity index (χ0) is 21.2. The van der Waals surface area contributed by atoms with Gasteiger partial charge in [0.25, 0.3) is 0 Å². The van der Waals surface area contributed by atoms with Gasteiger partial charge in [0.2, 0.25) is 11.8 Å². The van der Waals surface area contributed by atoms with Crippen LogP contribution in [0.1, 0.15) is 34.3 Å². The van der Waals surface area contributed by atoms with Gasteiger partial charge in [-0.05, 0) is 80.8 Å². The van der Waals surface area contributed by atoms with Crippen molar-refractivity contribution in [3.8, 4) is 0 Å². The van der Waals surface area contributed by atoms with Crippen LogP contribution in [0.4, 0.5) is 5.69 Å². The van der Waals surface area contributed by atoms with E-state index >= 15 is 0 Å². The monoisotopic (exact) mass is 422 g/mol. The second kappa shape index (κ2) is 7.03. The third-order valence-electron chi connectivity index (χ3n) is 7.00. The number of nitrogens with zero attached hydrogens (tertiary/aromatic N) is 2. The van der Waals surface area contributed by atoms with Crippen molar-refractivity contribution < 1.29 is 14.4 Å². The number of aryl methyl sites for hydroxylation is 2. The summed E-state index contributed by atoms with van der Waals surface area (Å²) in [5, 5.41) is 0.558. The van der Waals surface area contributed by atoms with Crippen molar-refractivity contribution in [3.63, 3.8) is 0 Å². The highest BCUT2D eigenvalue weighted by Crippen LogP contribution is 2.48. The number of halogens is 1. The number of ketones is 1. The molecular formula is C24H23ClN2O3. The maximum Gasteiger partial charge on any atom is 0.239 e. The van der Waals surface area contributed by atoms with Crippen LogP contribution in [0.3, 0.4) is 0 Å². The minimum Gasteiger partial charge on any atom is -0.292 e. The van der Waals surface area contributed by atoms with Crippen LogP contribution in [0.2, 0.25) is 5.02 Å². The molecule has 4 atom stereocenters. The summed E-state index contributed by atoms with van der Waals surface area (Å²) in [7, 11) is 0. The number of benzene rings is 2. The molecule has 0 N–H and O–H groups in total. The Hall–Kier alpha value is -2.50. The van der Waals surface area contributed by atoms with E-state index in [0.29, 0.717) is 16.3 Å². The Morgan fingerprint density at radius 3 is 2.37 bits per heavy atom. The zero-order valence-electron chi connectivity index (χ0n) is 17.0. The van der Waals surface area contributed by atoms with E-state index in [2.05, 4.69) is 4.90 Å². The van der Waals surface area contributed by atoms with Crippen LogP contribution in [0.15, 0.2) is 42.5 Å². The van der Waals surface area contributed by atoms with Crippen LogP contribution in [-0.4, -0.2) is 41.1 Å². The quantitative estimate of drug-likeness (QED) is 0.557. The van der Waals surface area contributed by atoms with Crippen molar-refractivity contribution in [1.29, 1.82) is 0 Å². The van der Waals surface area contributed by atoms with Gasteiger partial charge < -0.3 is 0 Å². The van der Waals surface area contributed by atoms with Gasteiger partial charge in [0, 0.05) is 16.6 Å². The van der Waals surface area contributed by atoms with Gasteiger partial charge in [-0.25, -0.2) is 4.90 Å².